The maximum Gasteiger partial charge on any atom is 0.269 e. The number of aromatic nitrogens is 3. The Morgan fingerprint density at radius 3 is 2.85 bits per heavy atom. The Hall–Kier alpha value is -3.02. The molecular weight excluding hydrogens is 328 g/mol. The van der Waals surface area contributed by atoms with E-state index in [-0.39, 0.29) is 5.91 Å². The summed E-state index contributed by atoms with van der Waals surface area (Å²) in [4.78, 5) is 12.5. The first-order chi connectivity index (χ1) is 12.7. The second kappa shape index (κ2) is 6.71. The molecule has 134 valence electrons. The number of hydrogen-bond acceptors (Lipinski definition) is 3. The number of amides is 1. The summed E-state index contributed by atoms with van der Waals surface area (Å²) >= 11 is 0. The summed E-state index contributed by atoms with van der Waals surface area (Å²) in [5, 5.41) is 10.0. The molecule has 4 rings (SSSR count). The predicted molar refractivity (Wildman–Crippen MR) is 99.2 cm³/mol. The molecule has 0 radical (unpaired) electrons. The number of methoxy groups -OCH3 is 1. The van der Waals surface area contributed by atoms with Crippen molar-refractivity contribution in [2.24, 2.45) is 7.05 Å². The third-order valence-electron chi connectivity index (χ3n) is 4.96. The minimum Gasteiger partial charge on any atom is -0.496 e. The number of aryl methyl sites for hydroxylation is 3. The van der Waals surface area contributed by atoms with Crippen molar-refractivity contribution < 1.29 is 9.53 Å². The molecule has 0 saturated heterocycles. The molecule has 0 fully saturated rings. The number of ether oxygens (including phenoxy) is 1. The van der Waals surface area contributed by atoms with Gasteiger partial charge in [0.15, 0.2) is 0 Å². The van der Waals surface area contributed by atoms with E-state index in [1.165, 1.54) is 17.5 Å². The van der Waals surface area contributed by atoms with Crippen molar-refractivity contribution in [1.82, 2.24) is 20.1 Å². The van der Waals surface area contributed by atoms with Crippen LogP contribution in [-0.2, 0) is 26.4 Å². The Kier molecular flexibility index (Phi) is 4.24. The first kappa shape index (κ1) is 16.4. The lowest BCUT2D eigenvalue weighted by Crippen LogP contribution is -2.23. The van der Waals surface area contributed by atoms with Crippen LogP contribution in [0.2, 0.25) is 0 Å². The molecule has 6 heteroatoms. The summed E-state index contributed by atoms with van der Waals surface area (Å²) < 4.78 is 7.47. The van der Waals surface area contributed by atoms with Gasteiger partial charge < -0.3 is 14.6 Å². The third-order valence-corrected chi connectivity index (χ3v) is 4.96. The predicted octanol–water partition coefficient (Wildman–Crippen LogP) is 2.84. The number of hydrogen-bond donors (Lipinski definition) is 2. The lowest BCUT2D eigenvalue weighted by atomic mass is 10.0. The van der Waals surface area contributed by atoms with E-state index in [1.54, 1.807) is 13.2 Å². The van der Waals surface area contributed by atoms with Crippen LogP contribution in [-0.4, -0.2) is 27.8 Å². The Balaban J connectivity index is 1.48. The van der Waals surface area contributed by atoms with Gasteiger partial charge in [-0.05, 0) is 54.7 Å². The lowest BCUT2D eigenvalue weighted by molar-refractivity contribution is 0.0945. The highest BCUT2D eigenvalue weighted by Crippen LogP contribution is 2.29. The molecule has 3 aromatic rings. The van der Waals surface area contributed by atoms with Crippen LogP contribution in [0.4, 0.5) is 0 Å². The number of rotatable bonds is 5. The highest BCUT2D eigenvalue weighted by Gasteiger charge is 2.17. The largest absolute Gasteiger partial charge is 0.496 e. The average Bonchev–Trinajstić information content (AvgIpc) is 3.38. The molecule has 2 heterocycles. The van der Waals surface area contributed by atoms with Gasteiger partial charge in [0, 0.05) is 25.4 Å². The molecule has 6 nitrogen and oxygen atoms in total. The van der Waals surface area contributed by atoms with Crippen molar-refractivity contribution in [3.63, 3.8) is 0 Å². The molecule has 26 heavy (non-hydrogen) atoms. The molecule has 0 atom stereocenters. The second-order valence-electron chi connectivity index (χ2n) is 6.64. The number of nitrogens with zero attached hydrogens (tertiary/aromatic N) is 2. The van der Waals surface area contributed by atoms with Gasteiger partial charge in [0.1, 0.15) is 17.1 Å². The smallest absolute Gasteiger partial charge is 0.269 e. The highest BCUT2D eigenvalue weighted by atomic mass is 16.5. The first-order valence-corrected chi connectivity index (χ1v) is 8.79. The van der Waals surface area contributed by atoms with E-state index in [4.69, 9.17) is 4.74 Å². The molecule has 1 amide bonds. The summed E-state index contributed by atoms with van der Waals surface area (Å²) in [5.74, 6) is 0.653. The summed E-state index contributed by atoms with van der Waals surface area (Å²) in [6, 6.07) is 9.94. The van der Waals surface area contributed by atoms with E-state index >= 15 is 0 Å². The monoisotopic (exact) mass is 350 g/mol. The molecule has 0 spiro atoms. The van der Waals surface area contributed by atoms with Crippen LogP contribution < -0.4 is 10.1 Å². The number of nitrogens with one attached hydrogen (secondary N) is 2. The molecule has 1 aliphatic carbocycles. The number of aromatic amines is 1. The molecule has 1 aromatic carbocycles. The molecule has 0 unspecified atom stereocenters. The molecule has 0 saturated carbocycles. The van der Waals surface area contributed by atoms with E-state index in [1.807, 2.05) is 29.9 Å². The van der Waals surface area contributed by atoms with E-state index in [0.29, 0.717) is 12.2 Å². The number of benzene rings is 1. The minimum atomic E-state index is -0.180. The molecule has 0 aliphatic heterocycles. The van der Waals surface area contributed by atoms with E-state index in [0.717, 1.165) is 35.5 Å². The Morgan fingerprint density at radius 2 is 2.12 bits per heavy atom. The Bertz CT molecular complexity index is 955. The standard InChI is InChI=1S/C20H22N4O2/c1-24-8-4-7-18(24)16-11-17(23-22-16)20(25)21-12-15-9-13-5-3-6-14(13)10-19(15)26-2/h4,7-11H,3,5-6,12H2,1-2H3,(H,21,25)(H,22,23). The van der Waals surface area contributed by atoms with E-state index in [2.05, 4.69) is 27.6 Å². The third kappa shape index (κ3) is 2.98. The topological polar surface area (TPSA) is 71.9 Å². The van der Waals surface area contributed by atoms with Crippen LogP contribution in [0.25, 0.3) is 11.4 Å². The molecule has 2 aromatic heterocycles. The van der Waals surface area contributed by atoms with Crippen molar-refractivity contribution in [2.45, 2.75) is 25.8 Å². The number of carbonyl (C=O) groups excluding carboxylic acids is 1. The van der Waals surface area contributed by atoms with Crippen molar-refractivity contribution in [2.75, 3.05) is 7.11 Å². The Morgan fingerprint density at radius 1 is 1.31 bits per heavy atom. The molecular formula is C20H22N4O2. The highest BCUT2D eigenvalue weighted by molar-refractivity contribution is 5.93. The SMILES string of the molecule is COc1cc2c(cc1CNC(=O)c1cc(-c3cccn3C)n[nH]1)CCC2. The fraction of sp³-hybridized carbons (Fsp3) is 0.300. The van der Waals surface area contributed by atoms with Crippen molar-refractivity contribution in [1.29, 1.82) is 0 Å². The molecule has 1 aliphatic rings. The van der Waals surface area contributed by atoms with Gasteiger partial charge in [0.05, 0.1) is 12.8 Å². The van der Waals surface area contributed by atoms with Gasteiger partial charge in [-0.3, -0.25) is 9.89 Å². The van der Waals surface area contributed by atoms with Gasteiger partial charge in [-0.25, -0.2) is 0 Å². The van der Waals surface area contributed by atoms with Crippen LogP contribution in [0.5, 0.6) is 5.75 Å². The molecule has 0 bridgehead atoms. The van der Waals surface area contributed by atoms with Crippen LogP contribution in [0.3, 0.4) is 0 Å². The van der Waals surface area contributed by atoms with Crippen LogP contribution >= 0.6 is 0 Å². The van der Waals surface area contributed by atoms with Crippen LogP contribution in [0.15, 0.2) is 36.5 Å². The van der Waals surface area contributed by atoms with Gasteiger partial charge in [-0.2, -0.15) is 5.10 Å². The fourth-order valence-electron chi connectivity index (χ4n) is 3.55. The average molecular weight is 350 g/mol. The van der Waals surface area contributed by atoms with E-state index in [9.17, 15) is 4.79 Å². The minimum absolute atomic E-state index is 0.180. The summed E-state index contributed by atoms with van der Waals surface area (Å²) in [5.41, 5.74) is 5.88. The maximum atomic E-state index is 12.5. The maximum absolute atomic E-state index is 12.5. The Labute approximate surface area is 152 Å². The zero-order valence-corrected chi connectivity index (χ0v) is 15.0. The summed E-state index contributed by atoms with van der Waals surface area (Å²) in [6.45, 7) is 0.424. The van der Waals surface area contributed by atoms with Crippen molar-refractivity contribution in [3.8, 4) is 17.1 Å². The van der Waals surface area contributed by atoms with E-state index < -0.39 is 0 Å². The van der Waals surface area contributed by atoms with Gasteiger partial charge in [0.25, 0.3) is 5.91 Å². The molecule has 2 N–H and O–H groups in total. The van der Waals surface area contributed by atoms with Crippen LogP contribution in [0.1, 0.15) is 33.6 Å². The lowest BCUT2D eigenvalue weighted by Gasteiger charge is -2.12. The summed E-state index contributed by atoms with van der Waals surface area (Å²) in [6.07, 6.45) is 5.34. The quantitative estimate of drug-likeness (QED) is 0.743. The van der Waals surface area contributed by atoms with Gasteiger partial charge in [-0.15, -0.1) is 0 Å². The van der Waals surface area contributed by atoms with Gasteiger partial charge >= 0.3 is 0 Å². The second-order valence-corrected chi connectivity index (χ2v) is 6.64. The van der Waals surface area contributed by atoms with Crippen molar-refractivity contribution in [3.05, 3.63) is 58.9 Å². The zero-order chi connectivity index (χ0) is 18.1. The normalized spacial score (nSPS) is 12.8. The fourth-order valence-corrected chi connectivity index (χ4v) is 3.55. The number of carbonyl (C=O) groups is 1. The number of H-pyrrole nitrogens is 1. The van der Waals surface area contributed by atoms with Crippen molar-refractivity contribution >= 4 is 5.91 Å². The summed E-state index contributed by atoms with van der Waals surface area (Å²) in [7, 11) is 3.62. The van der Waals surface area contributed by atoms with Gasteiger partial charge in [-0.1, -0.05) is 6.07 Å². The van der Waals surface area contributed by atoms with Gasteiger partial charge in [0.2, 0.25) is 0 Å². The first-order valence-electron chi connectivity index (χ1n) is 8.79. The number of fused-ring (bicyclic) bond motifs is 1. The zero-order valence-electron chi connectivity index (χ0n) is 15.0. The van der Waals surface area contributed by atoms with Crippen LogP contribution in [0, 0.1) is 0 Å².